The third-order valence-electron chi connectivity index (χ3n) is 4.54. The highest BCUT2D eigenvalue weighted by molar-refractivity contribution is 5.92. The van der Waals surface area contributed by atoms with Gasteiger partial charge in [0.15, 0.2) is 5.69 Å². The lowest BCUT2D eigenvalue weighted by atomic mass is 10.1. The Balaban J connectivity index is 1.34. The van der Waals surface area contributed by atoms with E-state index in [0.29, 0.717) is 13.2 Å². The maximum atomic E-state index is 13.9. The third kappa shape index (κ3) is 4.38. The number of amides is 1. The molecule has 30 heavy (non-hydrogen) atoms. The van der Waals surface area contributed by atoms with Crippen LogP contribution in [-0.2, 0) is 0 Å². The SMILES string of the molecule is O=C(NCCOc1ccccc1-c1ccccc1)c1ccn(-c2ccccc2F)n1. The van der Waals surface area contributed by atoms with E-state index in [-0.39, 0.29) is 17.3 Å². The molecule has 0 saturated carbocycles. The predicted octanol–water partition coefficient (Wildman–Crippen LogP) is 4.49. The largest absolute Gasteiger partial charge is 0.491 e. The smallest absolute Gasteiger partial charge is 0.271 e. The monoisotopic (exact) mass is 401 g/mol. The number of benzene rings is 3. The van der Waals surface area contributed by atoms with E-state index in [1.807, 2.05) is 54.6 Å². The predicted molar refractivity (Wildman–Crippen MR) is 113 cm³/mol. The molecule has 0 aliphatic carbocycles. The zero-order valence-corrected chi connectivity index (χ0v) is 16.2. The molecule has 0 radical (unpaired) electrons. The van der Waals surface area contributed by atoms with Gasteiger partial charge in [0.1, 0.15) is 23.9 Å². The number of aromatic nitrogens is 2. The Morgan fingerprint density at radius 1 is 0.933 bits per heavy atom. The molecule has 150 valence electrons. The quantitative estimate of drug-likeness (QED) is 0.464. The van der Waals surface area contributed by atoms with Crippen molar-refractivity contribution in [2.75, 3.05) is 13.2 Å². The maximum Gasteiger partial charge on any atom is 0.271 e. The van der Waals surface area contributed by atoms with Gasteiger partial charge in [-0.3, -0.25) is 4.79 Å². The van der Waals surface area contributed by atoms with Crippen molar-refractivity contribution in [1.82, 2.24) is 15.1 Å². The summed E-state index contributed by atoms with van der Waals surface area (Å²) >= 11 is 0. The van der Waals surface area contributed by atoms with E-state index in [2.05, 4.69) is 10.4 Å². The number of carbonyl (C=O) groups excluding carboxylic acids is 1. The summed E-state index contributed by atoms with van der Waals surface area (Å²) < 4.78 is 21.1. The number of carbonyl (C=O) groups is 1. The highest BCUT2D eigenvalue weighted by Crippen LogP contribution is 2.29. The average Bonchev–Trinajstić information content (AvgIpc) is 3.28. The maximum absolute atomic E-state index is 13.9. The molecular formula is C24H20FN3O2. The van der Waals surface area contributed by atoms with Crippen LogP contribution in [-0.4, -0.2) is 28.8 Å². The van der Waals surface area contributed by atoms with Gasteiger partial charge in [-0.15, -0.1) is 0 Å². The van der Waals surface area contributed by atoms with Crippen molar-refractivity contribution < 1.29 is 13.9 Å². The van der Waals surface area contributed by atoms with E-state index in [0.717, 1.165) is 16.9 Å². The molecule has 0 aliphatic rings. The molecule has 5 nitrogen and oxygen atoms in total. The van der Waals surface area contributed by atoms with E-state index in [9.17, 15) is 9.18 Å². The van der Waals surface area contributed by atoms with Crippen LogP contribution in [0.3, 0.4) is 0 Å². The average molecular weight is 401 g/mol. The second-order valence-electron chi connectivity index (χ2n) is 6.56. The Kier molecular flexibility index (Phi) is 5.85. The summed E-state index contributed by atoms with van der Waals surface area (Å²) in [5, 5.41) is 6.93. The first-order valence-electron chi connectivity index (χ1n) is 9.58. The highest BCUT2D eigenvalue weighted by atomic mass is 19.1. The van der Waals surface area contributed by atoms with Gasteiger partial charge in [-0.25, -0.2) is 9.07 Å². The number of para-hydroxylation sites is 2. The highest BCUT2D eigenvalue weighted by Gasteiger charge is 2.12. The van der Waals surface area contributed by atoms with Crippen molar-refractivity contribution in [1.29, 1.82) is 0 Å². The normalized spacial score (nSPS) is 10.6. The molecule has 0 bridgehead atoms. The number of hydrogen-bond acceptors (Lipinski definition) is 3. The van der Waals surface area contributed by atoms with Crippen molar-refractivity contribution in [3.8, 4) is 22.6 Å². The fraction of sp³-hybridized carbons (Fsp3) is 0.0833. The Bertz CT molecular complexity index is 1140. The molecule has 0 atom stereocenters. The van der Waals surface area contributed by atoms with Crippen LogP contribution >= 0.6 is 0 Å². The molecule has 0 unspecified atom stereocenters. The van der Waals surface area contributed by atoms with E-state index < -0.39 is 5.82 Å². The Labute approximate surface area is 173 Å². The number of nitrogens with one attached hydrogen (secondary N) is 1. The Morgan fingerprint density at radius 3 is 2.50 bits per heavy atom. The lowest BCUT2D eigenvalue weighted by Crippen LogP contribution is -2.28. The number of nitrogens with zero attached hydrogens (tertiary/aromatic N) is 2. The zero-order chi connectivity index (χ0) is 20.8. The molecule has 1 aromatic heterocycles. The third-order valence-corrected chi connectivity index (χ3v) is 4.54. The lowest BCUT2D eigenvalue weighted by molar-refractivity contribution is 0.0941. The van der Waals surface area contributed by atoms with Crippen molar-refractivity contribution in [3.05, 3.63) is 103 Å². The van der Waals surface area contributed by atoms with Gasteiger partial charge < -0.3 is 10.1 Å². The van der Waals surface area contributed by atoms with Crippen LogP contribution in [0.4, 0.5) is 4.39 Å². The van der Waals surface area contributed by atoms with Crippen LogP contribution in [0.2, 0.25) is 0 Å². The number of ether oxygens (including phenoxy) is 1. The summed E-state index contributed by atoms with van der Waals surface area (Å²) in [6.07, 6.45) is 1.56. The van der Waals surface area contributed by atoms with Crippen LogP contribution in [0.15, 0.2) is 91.1 Å². The van der Waals surface area contributed by atoms with Gasteiger partial charge in [0.25, 0.3) is 5.91 Å². The summed E-state index contributed by atoms with van der Waals surface area (Å²) in [5.74, 6) is 0.00449. The second-order valence-corrected chi connectivity index (χ2v) is 6.56. The zero-order valence-electron chi connectivity index (χ0n) is 16.2. The van der Waals surface area contributed by atoms with Crippen LogP contribution < -0.4 is 10.1 Å². The minimum absolute atomic E-state index is 0.211. The first-order valence-corrected chi connectivity index (χ1v) is 9.58. The first kappa shape index (κ1) is 19.4. The first-order chi connectivity index (χ1) is 14.7. The fourth-order valence-electron chi connectivity index (χ4n) is 3.08. The summed E-state index contributed by atoms with van der Waals surface area (Å²) in [4.78, 5) is 12.3. The molecule has 1 amide bonds. The molecule has 0 aliphatic heterocycles. The summed E-state index contributed by atoms with van der Waals surface area (Å²) in [6.45, 7) is 0.623. The van der Waals surface area contributed by atoms with E-state index >= 15 is 0 Å². The van der Waals surface area contributed by atoms with E-state index in [4.69, 9.17) is 4.74 Å². The van der Waals surface area contributed by atoms with Gasteiger partial charge in [0.05, 0.1) is 6.54 Å². The van der Waals surface area contributed by atoms with Crippen molar-refractivity contribution in [2.24, 2.45) is 0 Å². The van der Waals surface area contributed by atoms with E-state index in [1.165, 1.54) is 10.7 Å². The number of hydrogen-bond donors (Lipinski definition) is 1. The Hall–Kier alpha value is -3.93. The van der Waals surface area contributed by atoms with Crippen LogP contribution in [0.1, 0.15) is 10.5 Å². The van der Waals surface area contributed by atoms with Gasteiger partial charge >= 0.3 is 0 Å². The fourth-order valence-corrected chi connectivity index (χ4v) is 3.08. The molecule has 6 heteroatoms. The molecule has 3 aromatic carbocycles. The molecule has 0 spiro atoms. The van der Waals surface area contributed by atoms with Gasteiger partial charge in [-0.2, -0.15) is 5.10 Å². The summed E-state index contributed by atoms with van der Waals surface area (Å²) in [5.41, 5.74) is 2.56. The molecule has 4 rings (SSSR count). The van der Waals surface area contributed by atoms with Crippen molar-refractivity contribution in [2.45, 2.75) is 0 Å². The molecule has 0 fully saturated rings. The molecular weight excluding hydrogens is 381 g/mol. The van der Waals surface area contributed by atoms with Crippen LogP contribution in [0.5, 0.6) is 5.75 Å². The topological polar surface area (TPSA) is 56.1 Å². The molecule has 1 heterocycles. The summed E-state index contributed by atoms with van der Waals surface area (Å²) in [7, 11) is 0. The van der Waals surface area contributed by atoms with Gasteiger partial charge in [-0.05, 0) is 29.8 Å². The van der Waals surface area contributed by atoms with Crippen LogP contribution in [0.25, 0.3) is 16.8 Å². The second kappa shape index (κ2) is 9.05. The van der Waals surface area contributed by atoms with Crippen LogP contribution in [0, 0.1) is 5.82 Å². The minimum atomic E-state index is -0.405. The molecule has 4 aromatic rings. The van der Waals surface area contributed by atoms with E-state index in [1.54, 1.807) is 30.5 Å². The minimum Gasteiger partial charge on any atom is -0.491 e. The van der Waals surface area contributed by atoms with Crippen molar-refractivity contribution >= 4 is 5.91 Å². The van der Waals surface area contributed by atoms with Gasteiger partial charge in [0.2, 0.25) is 0 Å². The van der Waals surface area contributed by atoms with Crippen molar-refractivity contribution in [3.63, 3.8) is 0 Å². The lowest BCUT2D eigenvalue weighted by Gasteiger charge is -2.12. The van der Waals surface area contributed by atoms with Gasteiger partial charge in [-0.1, -0.05) is 60.7 Å². The van der Waals surface area contributed by atoms with Gasteiger partial charge in [0, 0.05) is 11.8 Å². The number of halogens is 1. The Morgan fingerprint density at radius 2 is 1.67 bits per heavy atom. The molecule has 1 N–H and O–H groups in total. The number of rotatable bonds is 7. The molecule has 0 saturated heterocycles. The summed E-state index contributed by atoms with van der Waals surface area (Å²) in [6, 6.07) is 25.6. The standard InChI is InChI=1S/C24H20FN3O2/c25-20-11-5-6-12-22(20)28-16-14-21(27-28)24(29)26-15-17-30-23-13-7-4-10-19(23)18-8-2-1-3-9-18/h1-14,16H,15,17H2,(H,26,29).